The first-order valence-electron chi connectivity index (χ1n) is 13.2. The van der Waals surface area contributed by atoms with Crippen molar-refractivity contribution in [1.29, 1.82) is 0 Å². The van der Waals surface area contributed by atoms with Crippen LogP contribution in [-0.4, -0.2) is 6.10 Å². The fraction of sp³-hybridized carbons (Fsp3) is 0.533. The predicted octanol–water partition coefficient (Wildman–Crippen LogP) is 9.21. The van der Waals surface area contributed by atoms with Crippen molar-refractivity contribution in [2.24, 2.45) is 11.8 Å². The summed E-state index contributed by atoms with van der Waals surface area (Å²) in [6.07, 6.45) is 8.34. The Bertz CT molecular complexity index is 993. The molecule has 0 heterocycles. The van der Waals surface area contributed by atoms with Crippen LogP contribution in [0, 0.1) is 29.3 Å². The van der Waals surface area contributed by atoms with E-state index in [1.54, 1.807) is 12.1 Å². The van der Waals surface area contributed by atoms with Gasteiger partial charge in [0.15, 0.2) is 17.5 Å². The normalized spacial score (nSPS) is 25.4. The molecule has 0 atom stereocenters. The zero-order valence-electron chi connectivity index (χ0n) is 20.8. The molecule has 2 fully saturated rings. The van der Waals surface area contributed by atoms with Crippen LogP contribution in [0.2, 0.25) is 0 Å². The zero-order chi connectivity index (χ0) is 25.7. The summed E-state index contributed by atoms with van der Waals surface area (Å²) in [5.74, 6) is -2.73. The Morgan fingerprint density at radius 2 is 1.39 bits per heavy atom. The first-order valence-corrected chi connectivity index (χ1v) is 13.2. The Morgan fingerprint density at radius 1 is 0.833 bits per heavy atom. The van der Waals surface area contributed by atoms with Gasteiger partial charge in [0.05, 0.1) is 11.7 Å². The average Bonchev–Trinajstić information content (AvgIpc) is 2.88. The molecule has 0 radical (unpaired) electrons. The molecule has 0 aromatic heterocycles. The van der Waals surface area contributed by atoms with Crippen molar-refractivity contribution in [2.75, 3.05) is 0 Å². The molecule has 4 rings (SSSR count). The minimum Gasteiger partial charge on any atom is -0.313 e. The highest BCUT2D eigenvalue weighted by molar-refractivity contribution is 5.25. The van der Waals surface area contributed by atoms with Gasteiger partial charge in [-0.25, -0.2) is 13.2 Å². The van der Waals surface area contributed by atoms with Crippen molar-refractivity contribution in [3.05, 3.63) is 82.7 Å². The summed E-state index contributed by atoms with van der Waals surface area (Å²) < 4.78 is 75.4. The highest BCUT2D eigenvalue weighted by atomic mass is 19.3. The van der Waals surface area contributed by atoms with Crippen molar-refractivity contribution < 1.29 is 26.7 Å². The molecule has 2 aromatic rings. The van der Waals surface area contributed by atoms with Crippen LogP contribution in [0.3, 0.4) is 0 Å². The topological polar surface area (TPSA) is 9.23 Å². The van der Waals surface area contributed by atoms with Gasteiger partial charge in [-0.15, -0.1) is 0 Å². The maximum Gasteiger partial charge on any atom is 0.383 e. The fourth-order valence-electron chi connectivity index (χ4n) is 5.97. The Kier molecular flexibility index (Phi) is 8.87. The molecule has 2 saturated carbocycles. The molecule has 196 valence electrons. The first-order chi connectivity index (χ1) is 17.3. The van der Waals surface area contributed by atoms with E-state index in [-0.39, 0.29) is 11.5 Å². The second-order valence-corrected chi connectivity index (χ2v) is 10.4. The van der Waals surface area contributed by atoms with Crippen LogP contribution in [0.5, 0.6) is 0 Å². The lowest BCUT2D eigenvalue weighted by molar-refractivity contribution is -0.278. The highest BCUT2D eigenvalue weighted by Gasteiger charge is 2.39. The Labute approximate surface area is 210 Å². The Hall–Kier alpha value is -2.21. The van der Waals surface area contributed by atoms with E-state index in [4.69, 9.17) is 4.74 Å². The van der Waals surface area contributed by atoms with E-state index in [9.17, 15) is 22.0 Å². The molecule has 2 aromatic carbocycles. The molecule has 0 aliphatic heterocycles. The third-order valence-corrected chi connectivity index (χ3v) is 8.07. The molecule has 1 nitrogen and oxygen atoms in total. The van der Waals surface area contributed by atoms with Crippen LogP contribution < -0.4 is 0 Å². The number of rotatable bonds is 8. The summed E-state index contributed by atoms with van der Waals surface area (Å²) >= 11 is 0. The van der Waals surface area contributed by atoms with Crippen molar-refractivity contribution in [3.8, 4) is 0 Å². The monoisotopic (exact) mass is 506 g/mol. The highest BCUT2D eigenvalue weighted by Crippen LogP contribution is 2.44. The van der Waals surface area contributed by atoms with E-state index in [0.717, 1.165) is 69.1 Å². The summed E-state index contributed by atoms with van der Waals surface area (Å²) in [5, 5.41) is 0. The summed E-state index contributed by atoms with van der Waals surface area (Å²) in [5.41, 5.74) is 1.44. The third-order valence-electron chi connectivity index (χ3n) is 8.07. The summed E-state index contributed by atoms with van der Waals surface area (Å²) in [6.45, 7) is 1.96. The predicted molar refractivity (Wildman–Crippen MR) is 131 cm³/mol. The number of hydrogen-bond donors (Lipinski definition) is 0. The standard InChI is InChI=1S/C30H35F5O/c1-2-3-4-5-20-6-14-25(15-7-20)30(34,35)36-26-16-12-22(13-17-26)21-8-10-23(11-9-21)24-18-27(31)29(33)28(32)19-24/h2-3,6-7,14-15,18-19,21-23,26H,4-5,8-13,16-17H2,1H3/b3-2+. The summed E-state index contributed by atoms with van der Waals surface area (Å²) in [4.78, 5) is 0. The summed E-state index contributed by atoms with van der Waals surface area (Å²) in [6, 6.07) is 8.66. The van der Waals surface area contributed by atoms with Gasteiger partial charge in [-0.3, -0.25) is 0 Å². The van der Waals surface area contributed by atoms with Gasteiger partial charge in [-0.1, -0.05) is 36.4 Å². The molecule has 6 heteroatoms. The van der Waals surface area contributed by atoms with Crippen LogP contribution in [0.15, 0.2) is 48.6 Å². The number of hydrogen-bond acceptors (Lipinski definition) is 1. The van der Waals surface area contributed by atoms with Crippen molar-refractivity contribution in [1.82, 2.24) is 0 Å². The molecule has 0 spiro atoms. The van der Waals surface area contributed by atoms with Gasteiger partial charge in [0, 0.05) is 0 Å². The SMILES string of the molecule is C/C=C/CCc1ccc(C(F)(F)OC2CCC(C3CCC(c4cc(F)c(F)c(F)c4)CC3)CC2)cc1. The van der Waals surface area contributed by atoms with Crippen LogP contribution in [-0.2, 0) is 17.3 Å². The van der Waals surface area contributed by atoms with E-state index in [1.165, 1.54) is 12.1 Å². The van der Waals surface area contributed by atoms with Crippen molar-refractivity contribution in [3.63, 3.8) is 0 Å². The maximum absolute atomic E-state index is 14.8. The molecule has 36 heavy (non-hydrogen) atoms. The lowest BCUT2D eigenvalue weighted by atomic mass is 9.69. The molecule has 0 unspecified atom stereocenters. The van der Waals surface area contributed by atoms with Crippen LogP contribution in [0.4, 0.5) is 22.0 Å². The molecule has 2 aliphatic rings. The van der Waals surface area contributed by atoms with Gasteiger partial charge in [-0.05, 0) is 112 Å². The average molecular weight is 507 g/mol. The first kappa shape index (κ1) is 26.8. The molecular weight excluding hydrogens is 471 g/mol. The van der Waals surface area contributed by atoms with Crippen LogP contribution >= 0.6 is 0 Å². The number of aryl methyl sites for hydroxylation is 1. The maximum atomic E-state index is 14.8. The van der Waals surface area contributed by atoms with Crippen molar-refractivity contribution >= 4 is 0 Å². The van der Waals surface area contributed by atoms with E-state index in [0.29, 0.717) is 30.2 Å². The molecule has 0 bridgehead atoms. The lowest BCUT2D eigenvalue weighted by Gasteiger charge is -2.38. The number of halogens is 5. The largest absolute Gasteiger partial charge is 0.383 e. The van der Waals surface area contributed by atoms with E-state index in [1.807, 2.05) is 13.0 Å². The minimum atomic E-state index is -3.31. The van der Waals surface area contributed by atoms with Crippen LogP contribution in [0.1, 0.15) is 87.3 Å². The van der Waals surface area contributed by atoms with E-state index >= 15 is 0 Å². The second kappa shape index (κ2) is 11.9. The fourth-order valence-corrected chi connectivity index (χ4v) is 5.97. The molecule has 0 N–H and O–H groups in total. The molecular formula is C30H35F5O. The van der Waals surface area contributed by atoms with Gasteiger partial charge in [0.1, 0.15) is 0 Å². The zero-order valence-corrected chi connectivity index (χ0v) is 20.8. The van der Waals surface area contributed by atoms with Gasteiger partial charge in [-0.2, -0.15) is 8.78 Å². The smallest absolute Gasteiger partial charge is 0.313 e. The molecule has 2 aliphatic carbocycles. The van der Waals surface area contributed by atoms with Crippen LogP contribution in [0.25, 0.3) is 0 Å². The second-order valence-electron chi connectivity index (χ2n) is 10.4. The number of ether oxygens (including phenoxy) is 1. The van der Waals surface area contributed by atoms with Gasteiger partial charge in [0.2, 0.25) is 0 Å². The van der Waals surface area contributed by atoms with E-state index < -0.39 is 29.7 Å². The van der Waals surface area contributed by atoms with Gasteiger partial charge >= 0.3 is 6.11 Å². The number of benzene rings is 2. The third kappa shape index (κ3) is 6.56. The van der Waals surface area contributed by atoms with Gasteiger partial charge in [0.25, 0.3) is 0 Å². The quantitative estimate of drug-likeness (QED) is 0.197. The van der Waals surface area contributed by atoms with Crippen molar-refractivity contribution in [2.45, 2.75) is 89.3 Å². The number of allylic oxidation sites excluding steroid dienone is 2. The minimum absolute atomic E-state index is 0.0266. The lowest BCUT2D eigenvalue weighted by Crippen LogP contribution is -2.32. The Balaban J connectivity index is 1.24. The number of alkyl halides is 2. The molecule has 0 amide bonds. The van der Waals surface area contributed by atoms with Gasteiger partial charge < -0.3 is 4.74 Å². The van der Waals surface area contributed by atoms with E-state index in [2.05, 4.69) is 6.08 Å². The summed E-state index contributed by atoms with van der Waals surface area (Å²) in [7, 11) is 0. The molecule has 0 saturated heterocycles. The Morgan fingerprint density at radius 3 is 1.94 bits per heavy atom.